The van der Waals surface area contributed by atoms with Crippen LogP contribution in [0.15, 0.2) is 43.0 Å². The molecule has 2 fully saturated rings. The number of piperidine rings is 1. The van der Waals surface area contributed by atoms with Gasteiger partial charge in [0.1, 0.15) is 0 Å². The highest BCUT2D eigenvalue weighted by molar-refractivity contribution is 5.98. The van der Waals surface area contributed by atoms with Gasteiger partial charge in [-0.05, 0) is 44.5 Å². The van der Waals surface area contributed by atoms with Crippen LogP contribution in [0.4, 0.5) is 10.1 Å². The van der Waals surface area contributed by atoms with E-state index >= 15 is 0 Å². The van der Waals surface area contributed by atoms with Crippen LogP contribution in [-0.4, -0.2) is 88.3 Å². The molecule has 1 atom stereocenters. The first kappa shape index (κ1) is 23.1. The number of piperazine rings is 1. The smallest absolute Gasteiger partial charge is 0.167 e. The number of rotatable bonds is 4. The summed E-state index contributed by atoms with van der Waals surface area (Å²) < 4.78 is 21.3. The highest BCUT2D eigenvalue weighted by atomic mass is 19.1. The molecule has 2 aliphatic rings. The Morgan fingerprint density at radius 1 is 1.03 bits per heavy atom. The summed E-state index contributed by atoms with van der Waals surface area (Å²) in [7, 11) is 3.69. The summed E-state index contributed by atoms with van der Waals surface area (Å²) in [4.78, 5) is 16.7. The van der Waals surface area contributed by atoms with Crippen molar-refractivity contribution in [2.45, 2.75) is 31.8 Å². The first-order valence-electron chi connectivity index (χ1n) is 12.7. The average molecular weight is 490 g/mol. The molecular weight excluding hydrogens is 457 g/mol. The molecule has 8 nitrogen and oxygen atoms in total. The van der Waals surface area contributed by atoms with Crippen LogP contribution in [0.1, 0.15) is 19.8 Å². The third kappa shape index (κ3) is 4.06. The number of hydrogen-bond acceptors (Lipinski definition) is 7. The number of aromatic nitrogens is 4. The van der Waals surface area contributed by atoms with Gasteiger partial charge in [0.2, 0.25) is 0 Å². The molecule has 6 rings (SSSR count). The first-order valence-corrected chi connectivity index (χ1v) is 12.7. The second-order valence-corrected chi connectivity index (χ2v) is 10.0. The van der Waals surface area contributed by atoms with Crippen molar-refractivity contribution in [2.75, 3.05) is 51.8 Å². The zero-order chi connectivity index (χ0) is 24.8. The Labute approximate surface area is 210 Å². The van der Waals surface area contributed by atoms with Crippen molar-refractivity contribution >= 4 is 22.2 Å². The zero-order valence-electron chi connectivity index (χ0n) is 21.1. The normalized spacial score (nSPS) is 20.4. The van der Waals surface area contributed by atoms with Crippen LogP contribution < -0.4 is 9.64 Å². The summed E-state index contributed by atoms with van der Waals surface area (Å²) in [5.74, 6) is -0.235. The first-order chi connectivity index (χ1) is 17.5. The lowest BCUT2D eigenvalue weighted by Gasteiger charge is -2.45. The molecular formula is C27H32FN7O. The summed E-state index contributed by atoms with van der Waals surface area (Å²) in [6.45, 7) is 7.84. The van der Waals surface area contributed by atoms with Crippen LogP contribution >= 0.6 is 0 Å². The molecule has 0 spiro atoms. The Kier molecular flexibility index (Phi) is 5.97. The number of nitrogens with zero attached hydrogens (tertiary/aromatic N) is 7. The predicted molar refractivity (Wildman–Crippen MR) is 139 cm³/mol. The molecule has 0 amide bonds. The monoisotopic (exact) mass is 489 g/mol. The molecule has 0 saturated carbocycles. The maximum Gasteiger partial charge on any atom is 0.167 e. The van der Waals surface area contributed by atoms with E-state index in [-0.39, 0.29) is 5.75 Å². The quantitative estimate of drug-likeness (QED) is 0.433. The van der Waals surface area contributed by atoms with Crippen LogP contribution in [-0.2, 0) is 0 Å². The number of halogens is 1. The van der Waals surface area contributed by atoms with Gasteiger partial charge in [0.25, 0.3) is 0 Å². The largest absolute Gasteiger partial charge is 0.494 e. The van der Waals surface area contributed by atoms with E-state index < -0.39 is 5.82 Å². The van der Waals surface area contributed by atoms with E-state index in [0.717, 1.165) is 60.6 Å². The maximum absolute atomic E-state index is 14.2. The Hall–Kier alpha value is -3.30. The number of pyridine rings is 1. The molecule has 4 aromatic rings. The van der Waals surface area contributed by atoms with Gasteiger partial charge in [-0.1, -0.05) is 0 Å². The fourth-order valence-corrected chi connectivity index (χ4v) is 5.65. The Morgan fingerprint density at radius 2 is 1.86 bits per heavy atom. The lowest BCUT2D eigenvalue weighted by atomic mass is 10.0. The maximum atomic E-state index is 14.2. The van der Waals surface area contributed by atoms with Crippen LogP contribution in [0.25, 0.3) is 27.7 Å². The number of likely N-dealkylation sites (N-methyl/N-ethyl adjacent to an activating group) is 1. The number of fused-ring (bicyclic) bond motifs is 2. The lowest BCUT2D eigenvalue weighted by molar-refractivity contribution is 0.0627. The molecule has 0 radical (unpaired) electrons. The van der Waals surface area contributed by atoms with Crippen molar-refractivity contribution in [3.63, 3.8) is 0 Å². The molecule has 0 bridgehead atoms. The highest BCUT2D eigenvalue weighted by Crippen LogP contribution is 2.34. The van der Waals surface area contributed by atoms with Gasteiger partial charge in [-0.15, -0.1) is 0 Å². The van der Waals surface area contributed by atoms with Gasteiger partial charge in [-0.2, -0.15) is 5.10 Å². The van der Waals surface area contributed by atoms with E-state index in [4.69, 9.17) is 9.72 Å². The van der Waals surface area contributed by atoms with Gasteiger partial charge in [0.15, 0.2) is 17.2 Å². The molecule has 2 aliphatic heterocycles. The van der Waals surface area contributed by atoms with Crippen LogP contribution in [0.2, 0.25) is 0 Å². The minimum Gasteiger partial charge on any atom is -0.494 e. The minimum absolute atomic E-state index is 0.193. The molecule has 5 heterocycles. The summed E-state index contributed by atoms with van der Waals surface area (Å²) in [5.41, 5.74) is 4.20. The van der Waals surface area contributed by atoms with Crippen molar-refractivity contribution in [2.24, 2.45) is 0 Å². The SMILES string of the molecule is COc1cc2c(-c3cnn4cc(N5CCC(N6CCN(C)[C@@H](C)C6)CC5)cnc34)ccnc2cc1F. The molecule has 188 valence electrons. The van der Waals surface area contributed by atoms with E-state index in [1.54, 1.807) is 12.3 Å². The number of methoxy groups -OCH3 is 1. The standard InChI is InChI=1S/C27H32FN7O/c1-18-16-34(11-10-32(18)2)19-5-8-33(9-6-19)20-14-30-27-23(15-31-35(27)17-20)21-4-7-29-25-13-24(28)26(36-3)12-22(21)25/h4,7,12-15,17-19H,5-6,8-11,16H2,1-3H3/t18-/m0/s1. The molecule has 0 N–H and O–H groups in total. The van der Waals surface area contributed by atoms with Crippen molar-refractivity contribution in [3.05, 3.63) is 48.8 Å². The van der Waals surface area contributed by atoms with E-state index in [0.29, 0.717) is 17.6 Å². The van der Waals surface area contributed by atoms with E-state index in [9.17, 15) is 4.39 Å². The molecule has 2 saturated heterocycles. The molecule has 0 aliphatic carbocycles. The number of ether oxygens (including phenoxy) is 1. The third-order valence-corrected chi connectivity index (χ3v) is 7.99. The number of benzene rings is 1. The third-order valence-electron chi connectivity index (χ3n) is 7.99. The molecule has 3 aromatic heterocycles. The van der Waals surface area contributed by atoms with Crippen LogP contribution in [0.3, 0.4) is 0 Å². The average Bonchev–Trinajstić information content (AvgIpc) is 3.32. The van der Waals surface area contributed by atoms with E-state index in [1.807, 2.05) is 23.0 Å². The van der Waals surface area contributed by atoms with Crippen molar-refractivity contribution < 1.29 is 9.13 Å². The summed E-state index contributed by atoms with van der Waals surface area (Å²) in [5, 5.41) is 5.41. The molecule has 1 aromatic carbocycles. The predicted octanol–water partition coefficient (Wildman–Crippen LogP) is 3.70. The van der Waals surface area contributed by atoms with Gasteiger partial charge < -0.3 is 14.5 Å². The summed E-state index contributed by atoms with van der Waals surface area (Å²) >= 11 is 0. The van der Waals surface area contributed by atoms with Gasteiger partial charge in [-0.25, -0.2) is 13.9 Å². The Balaban J connectivity index is 1.23. The van der Waals surface area contributed by atoms with Gasteiger partial charge >= 0.3 is 0 Å². The second-order valence-electron chi connectivity index (χ2n) is 10.0. The van der Waals surface area contributed by atoms with Crippen molar-refractivity contribution in [1.82, 2.24) is 29.4 Å². The van der Waals surface area contributed by atoms with Crippen molar-refractivity contribution in [1.29, 1.82) is 0 Å². The van der Waals surface area contributed by atoms with E-state index in [2.05, 4.69) is 45.0 Å². The zero-order valence-corrected chi connectivity index (χ0v) is 21.1. The van der Waals surface area contributed by atoms with E-state index in [1.165, 1.54) is 26.0 Å². The Bertz CT molecular complexity index is 1400. The highest BCUT2D eigenvalue weighted by Gasteiger charge is 2.29. The van der Waals surface area contributed by atoms with Gasteiger partial charge in [0.05, 0.1) is 36.9 Å². The summed E-state index contributed by atoms with van der Waals surface area (Å²) in [6, 6.07) is 6.29. The Morgan fingerprint density at radius 3 is 2.64 bits per heavy atom. The number of hydrogen-bond donors (Lipinski definition) is 0. The minimum atomic E-state index is -0.428. The van der Waals surface area contributed by atoms with Gasteiger partial charge in [-0.3, -0.25) is 9.88 Å². The van der Waals surface area contributed by atoms with Gasteiger partial charge in [0, 0.05) is 68.0 Å². The molecule has 36 heavy (non-hydrogen) atoms. The summed E-state index contributed by atoms with van der Waals surface area (Å²) in [6.07, 6.45) is 9.85. The fraction of sp³-hybridized carbons (Fsp3) is 0.444. The second kappa shape index (κ2) is 9.29. The fourth-order valence-electron chi connectivity index (χ4n) is 5.65. The topological polar surface area (TPSA) is 62.0 Å². The number of anilines is 1. The molecule has 0 unspecified atom stereocenters. The lowest BCUT2D eigenvalue weighted by Crippen LogP contribution is -2.55. The molecule has 9 heteroatoms. The van der Waals surface area contributed by atoms with Crippen molar-refractivity contribution in [3.8, 4) is 16.9 Å². The van der Waals surface area contributed by atoms with Crippen LogP contribution in [0, 0.1) is 5.82 Å². The van der Waals surface area contributed by atoms with Crippen LogP contribution in [0.5, 0.6) is 5.75 Å².